The summed E-state index contributed by atoms with van der Waals surface area (Å²) < 4.78 is 0. The molecule has 0 aliphatic heterocycles. The van der Waals surface area contributed by atoms with Gasteiger partial charge in [0.1, 0.15) is 6.10 Å². The molecule has 0 spiro atoms. The van der Waals surface area contributed by atoms with E-state index in [1.165, 1.54) is 0 Å². The molecule has 3 N–H and O–H groups in total. The van der Waals surface area contributed by atoms with Gasteiger partial charge in [-0.1, -0.05) is 12.1 Å². The largest absolute Gasteiger partial charge is 0.393 e. The van der Waals surface area contributed by atoms with Crippen molar-refractivity contribution in [3.8, 4) is 0 Å². The van der Waals surface area contributed by atoms with Crippen LogP contribution in [0.15, 0.2) is 24.3 Å². The summed E-state index contributed by atoms with van der Waals surface area (Å²) in [6.45, 7) is -0.243. The van der Waals surface area contributed by atoms with Crippen LogP contribution in [0.1, 0.15) is 11.7 Å². The van der Waals surface area contributed by atoms with Crippen molar-refractivity contribution in [3.63, 3.8) is 0 Å². The van der Waals surface area contributed by atoms with Gasteiger partial charge in [-0.15, -0.1) is 0 Å². The zero-order chi connectivity index (χ0) is 8.97. The summed E-state index contributed by atoms with van der Waals surface area (Å²) in [5.74, 6) is 0. The van der Waals surface area contributed by atoms with Crippen LogP contribution >= 0.6 is 0 Å². The number of nitrogens with one attached hydrogen (secondary N) is 1. The van der Waals surface area contributed by atoms with E-state index in [2.05, 4.69) is 5.32 Å². The molecule has 0 amide bonds. The van der Waals surface area contributed by atoms with E-state index in [1.807, 2.05) is 19.2 Å². The van der Waals surface area contributed by atoms with Gasteiger partial charge in [-0.25, -0.2) is 0 Å². The number of hydrogen-bond acceptors (Lipinski definition) is 3. The molecule has 0 saturated heterocycles. The fourth-order valence-electron chi connectivity index (χ4n) is 1.01. The van der Waals surface area contributed by atoms with Crippen LogP contribution in [0.4, 0.5) is 5.69 Å². The molecule has 1 atom stereocenters. The second-order valence-corrected chi connectivity index (χ2v) is 2.57. The van der Waals surface area contributed by atoms with Crippen LogP contribution in [0.5, 0.6) is 0 Å². The highest BCUT2D eigenvalue weighted by Crippen LogP contribution is 2.16. The first-order valence-electron chi connectivity index (χ1n) is 3.84. The van der Waals surface area contributed by atoms with Crippen molar-refractivity contribution in [2.24, 2.45) is 0 Å². The highest BCUT2D eigenvalue weighted by atomic mass is 16.3. The van der Waals surface area contributed by atoms with Gasteiger partial charge in [-0.2, -0.15) is 0 Å². The first-order valence-corrected chi connectivity index (χ1v) is 3.84. The lowest BCUT2D eigenvalue weighted by Gasteiger charge is -2.08. The Morgan fingerprint density at radius 2 is 2.25 bits per heavy atom. The molecule has 0 saturated carbocycles. The number of hydrogen-bond donors (Lipinski definition) is 3. The molecule has 1 rings (SSSR count). The summed E-state index contributed by atoms with van der Waals surface area (Å²) in [6, 6.07) is 7.32. The summed E-state index contributed by atoms with van der Waals surface area (Å²) in [5, 5.41) is 20.9. The van der Waals surface area contributed by atoms with Gasteiger partial charge in [-0.05, 0) is 17.7 Å². The molecule has 0 bridgehead atoms. The maximum Gasteiger partial charge on any atom is 0.102 e. The van der Waals surface area contributed by atoms with Crippen LogP contribution in [0.2, 0.25) is 0 Å². The van der Waals surface area contributed by atoms with Gasteiger partial charge in [0.15, 0.2) is 0 Å². The Kier molecular flexibility index (Phi) is 3.08. The highest BCUT2D eigenvalue weighted by molar-refractivity contribution is 5.45. The van der Waals surface area contributed by atoms with Crippen LogP contribution < -0.4 is 5.32 Å². The van der Waals surface area contributed by atoms with E-state index >= 15 is 0 Å². The van der Waals surface area contributed by atoms with Crippen molar-refractivity contribution in [2.75, 3.05) is 19.0 Å². The minimum Gasteiger partial charge on any atom is -0.393 e. The van der Waals surface area contributed by atoms with Gasteiger partial charge in [0.25, 0.3) is 0 Å². The summed E-state index contributed by atoms with van der Waals surface area (Å²) in [6.07, 6.45) is -0.779. The van der Waals surface area contributed by atoms with Gasteiger partial charge in [0.05, 0.1) is 6.61 Å². The molecule has 0 aromatic heterocycles. The summed E-state index contributed by atoms with van der Waals surface area (Å²) in [5.41, 5.74) is 1.66. The molecule has 0 fully saturated rings. The number of rotatable bonds is 3. The second-order valence-electron chi connectivity index (χ2n) is 2.57. The smallest absolute Gasteiger partial charge is 0.102 e. The topological polar surface area (TPSA) is 52.5 Å². The van der Waals surface area contributed by atoms with Gasteiger partial charge in [0, 0.05) is 12.7 Å². The third-order valence-corrected chi connectivity index (χ3v) is 1.73. The normalized spacial score (nSPS) is 12.6. The molecule has 0 heterocycles. The highest BCUT2D eigenvalue weighted by Gasteiger charge is 2.04. The monoisotopic (exact) mass is 167 g/mol. The van der Waals surface area contributed by atoms with Crippen molar-refractivity contribution in [1.82, 2.24) is 0 Å². The lowest BCUT2D eigenvalue weighted by Crippen LogP contribution is -2.02. The Balaban J connectivity index is 2.86. The maximum absolute atomic E-state index is 9.27. The van der Waals surface area contributed by atoms with Gasteiger partial charge < -0.3 is 15.5 Å². The van der Waals surface area contributed by atoms with Crippen molar-refractivity contribution < 1.29 is 10.2 Å². The number of benzene rings is 1. The van der Waals surface area contributed by atoms with Crippen molar-refractivity contribution in [2.45, 2.75) is 6.10 Å². The van der Waals surface area contributed by atoms with E-state index in [0.717, 1.165) is 11.3 Å². The Morgan fingerprint density at radius 3 is 2.83 bits per heavy atom. The first-order chi connectivity index (χ1) is 5.77. The molecular formula is C9H13NO2. The van der Waals surface area contributed by atoms with Crippen LogP contribution in [0.25, 0.3) is 0 Å². The molecule has 0 aliphatic carbocycles. The average molecular weight is 167 g/mol. The Bertz CT molecular complexity index is 250. The lowest BCUT2D eigenvalue weighted by molar-refractivity contribution is 0.0956. The van der Waals surface area contributed by atoms with Gasteiger partial charge >= 0.3 is 0 Å². The first kappa shape index (κ1) is 9.03. The third-order valence-electron chi connectivity index (χ3n) is 1.73. The van der Waals surface area contributed by atoms with E-state index in [0.29, 0.717) is 0 Å². The summed E-state index contributed by atoms with van der Waals surface area (Å²) in [7, 11) is 1.81. The molecular weight excluding hydrogens is 154 g/mol. The average Bonchev–Trinajstić information content (AvgIpc) is 2.17. The number of anilines is 1. The van der Waals surface area contributed by atoms with Crippen LogP contribution in [0.3, 0.4) is 0 Å². The SMILES string of the molecule is CNc1cccc(C(O)CO)c1. The number of aliphatic hydroxyl groups is 2. The van der Waals surface area contributed by atoms with Gasteiger partial charge in [-0.3, -0.25) is 0 Å². The van der Waals surface area contributed by atoms with Crippen molar-refractivity contribution in [1.29, 1.82) is 0 Å². The quantitative estimate of drug-likeness (QED) is 0.622. The lowest BCUT2D eigenvalue weighted by atomic mass is 10.1. The van der Waals surface area contributed by atoms with Crippen LogP contribution in [-0.2, 0) is 0 Å². The Hall–Kier alpha value is -1.06. The summed E-state index contributed by atoms with van der Waals surface area (Å²) >= 11 is 0. The predicted molar refractivity (Wildman–Crippen MR) is 48.0 cm³/mol. The van der Waals surface area contributed by atoms with Crippen LogP contribution in [0, 0.1) is 0 Å². The zero-order valence-corrected chi connectivity index (χ0v) is 6.99. The van der Waals surface area contributed by atoms with Gasteiger partial charge in [0.2, 0.25) is 0 Å². The predicted octanol–water partition coefficient (Wildman–Crippen LogP) is 0.754. The fraction of sp³-hybridized carbons (Fsp3) is 0.333. The molecule has 3 nitrogen and oxygen atoms in total. The maximum atomic E-state index is 9.27. The zero-order valence-electron chi connectivity index (χ0n) is 6.99. The Labute approximate surface area is 71.7 Å². The standard InChI is InChI=1S/C9H13NO2/c1-10-8-4-2-3-7(5-8)9(12)6-11/h2-5,9-12H,6H2,1H3. The number of aliphatic hydroxyl groups excluding tert-OH is 2. The molecule has 0 aliphatic rings. The Morgan fingerprint density at radius 1 is 1.50 bits per heavy atom. The van der Waals surface area contributed by atoms with Crippen molar-refractivity contribution in [3.05, 3.63) is 29.8 Å². The third kappa shape index (κ3) is 1.96. The molecule has 1 aromatic rings. The van der Waals surface area contributed by atoms with E-state index < -0.39 is 6.10 Å². The molecule has 1 unspecified atom stereocenters. The van der Waals surface area contributed by atoms with E-state index in [9.17, 15) is 5.11 Å². The van der Waals surface area contributed by atoms with Crippen LogP contribution in [-0.4, -0.2) is 23.9 Å². The molecule has 66 valence electrons. The molecule has 3 heteroatoms. The molecule has 0 radical (unpaired) electrons. The second kappa shape index (κ2) is 4.09. The van der Waals surface area contributed by atoms with E-state index in [-0.39, 0.29) is 6.61 Å². The van der Waals surface area contributed by atoms with E-state index in [1.54, 1.807) is 12.1 Å². The van der Waals surface area contributed by atoms with Crippen molar-refractivity contribution >= 4 is 5.69 Å². The minimum atomic E-state index is -0.779. The molecule has 12 heavy (non-hydrogen) atoms. The van der Waals surface area contributed by atoms with E-state index in [4.69, 9.17) is 5.11 Å². The minimum absolute atomic E-state index is 0.243. The molecule has 1 aromatic carbocycles. The summed E-state index contributed by atoms with van der Waals surface area (Å²) in [4.78, 5) is 0. The fourth-order valence-corrected chi connectivity index (χ4v) is 1.01.